The predicted octanol–water partition coefficient (Wildman–Crippen LogP) is 4.32. The number of amides is 2. The summed E-state index contributed by atoms with van der Waals surface area (Å²) in [4.78, 5) is 14.9. The minimum absolute atomic E-state index is 0.0412. The number of benzene rings is 2. The summed E-state index contributed by atoms with van der Waals surface area (Å²) in [6, 6.07) is 13.3. The Bertz CT molecular complexity index is 883. The standard InChI is InChI=1S/C25H35N3O4/c1-28(19-10-5-4-6-11-19)17-18-9-7-8-12-22(18)27-25(30)26-16-23(29)21-15-20(31-2)13-14-24(21)32-3/h7-9,12-15,19,23,29H,4-6,10-11,16-17H2,1-3H3,(H2,26,27,30). The van der Waals surface area contributed by atoms with Crippen LogP contribution >= 0.6 is 0 Å². The number of hydrogen-bond donors (Lipinski definition) is 3. The van der Waals surface area contributed by atoms with Crippen LogP contribution in [-0.2, 0) is 6.54 Å². The Balaban J connectivity index is 1.58. The molecule has 2 aromatic rings. The van der Waals surface area contributed by atoms with Crippen LogP contribution in [0.25, 0.3) is 0 Å². The predicted molar refractivity (Wildman–Crippen MR) is 126 cm³/mol. The summed E-state index contributed by atoms with van der Waals surface area (Å²) in [5.74, 6) is 1.15. The average molecular weight is 442 g/mol. The summed E-state index contributed by atoms with van der Waals surface area (Å²) in [6.07, 6.45) is 5.44. The largest absolute Gasteiger partial charge is 0.497 e. The van der Waals surface area contributed by atoms with Gasteiger partial charge < -0.3 is 25.2 Å². The zero-order valence-electron chi connectivity index (χ0n) is 19.3. The molecule has 1 aliphatic carbocycles. The number of para-hydroxylation sites is 1. The lowest BCUT2D eigenvalue weighted by molar-refractivity contribution is 0.170. The molecule has 0 aromatic heterocycles. The van der Waals surface area contributed by atoms with Crippen molar-refractivity contribution in [1.82, 2.24) is 10.2 Å². The Morgan fingerprint density at radius 3 is 2.59 bits per heavy atom. The van der Waals surface area contributed by atoms with Gasteiger partial charge in [-0.1, -0.05) is 37.5 Å². The number of aliphatic hydroxyl groups is 1. The molecule has 2 amide bonds. The van der Waals surface area contributed by atoms with E-state index in [1.165, 1.54) is 32.1 Å². The highest BCUT2D eigenvalue weighted by Gasteiger charge is 2.20. The second kappa shape index (κ2) is 11.7. The monoisotopic (exact) mass is 441 g/mol. The number of carbonyl (C=O) groups is 1. The summed E-state index contributed by atoms with van der Waals surface area (Å²) in [5.41, 5.74) is 2.41. The number of nitrogens with zero attached hydrogens (tertiary/aromatic N) is 1. The number of hydrogen-bond acceptors (Lipinski definition) is 5. The van der Waals surface area contributed by atoms with E-state index in [-0.39, 0.29) is 12.6 Å². The molecular formula is C25H35N3O4. The topological polar surface area (TPSA) is 83.1 Å². The lowest BCUT2D eigenvalue weighted by atomic mass is 9.94. The quantitative estimate of drug-likeness (QED) is 0.540. The first-order valence-electron chi connectivity index (χ1n) is 11.2. The first kappa shape index (κ1) is 23.9. The molecule has 32 heavy (non-hydrogen) atoms. The number of ether oxygens (including phenoxy) is 2. The molecule has 1 saturated carbocycles. The summed E-state index contributed by atoms with van der Waals surface area (Å²) in [6.45, 7) is 0.824. The van der Waals surface area contributed by atoms with Crippen molar-refractivity contribution >= 4 is 11.7 Å². The molecule has 0 spiro atoms. The molecule has 1 unspecified atom stereocenters. The molecule has 3 rings (SSSR count). The van der Waals surface area contributed by atoms with Crippen molar-refractivity contribution in [3.8, 4) is 11.5 Å². The molecule has 1 fully saturated rings. The summed E-state index contributed by atoms with van der Waals surface area (Å²) in [5, 5.41) is 16.3. The van der Waals surface area contributed by atoms with E-state index in [1.54, 1.807) is 32.4 Å². The molecule has 0 heterocycles. The maximum atomic E-state index is 12.6. The molecule has 0 radical (unpaired) electrons. The van der Waals surface area contributed by atoms with E-state index in [0.717, 1.165) is 17.8 Å². The van der Waals surface area contributed by atoms with E-state index in [4.69, 9.17) is 9.47 Å². The second-order valence-electron chi connectivity index (χ2n) is 8.32. The van der Waals surface area contributed by atoms with Gasteiger partial charge in [0, 0.05) is 30.4 Å². The summed E-state index contributed by atoms with van der Waals surface area (Å²) >= 11 is 0. The Kier molecular flexibility index (Phi) is 8.76. The molecule has 174 valence electrons. The number of urea groups is 1. The van der Waals surface area contributed by atoms with Gasteiger partial charge >= 0.3 is 6.03 Å². The van der Waals surface area contributed by atoms with Crippen molar-refractivity contribution in [2.45, 2.75) is 50.8 Å². The Morgan fingerprint density at radius 2 is 1.88 bits per heavy atom. The minimum Gasteiger partial charge on any atom is -0.497 e. The first-order valence-corrected chi connectivity index (χ1v) is 11.2. The van der Waals surface area contributed by atoms with E-state index in [2.05, 4.69) is 22.6 Å². The number of rotatable bonds is 9. The van der Waals surface area contributed by atoms with Gasteiger partial charge in [-0.25, -0.2) is 4.79 Å². The number of anilines is 1. The maximum Gasteiger partial charge on any atom is 0.319 e. The van der Waals surface area contributed by atoms with Crippen LogP contribution in [0.2, 0.25) is 0 Å². The number of nitrogens with one attached hydrogen (secondary N) is 2. The zero-order valence-corrected chi connectivity index (χ0v) is 19.3. The third-order valence-electron chi connectivity index (χ3n) is 6.14. The zero-order chi connectivity index (χ0) is 22.9. The van der Waals surface area contributed by atoms with Crippen molar-refractivity contribution in [3.63, 3.8) is 0 Å². The van der Waals surface area contributed by atoms with Crippen LogP contribution in [-0.4, -0.2) is 49.9 Å². The van der Waals surface area contributed by atoms with Crippen molar-refractivity contribution in [2.75, 3.05) is 33.1 Å². The van der Waals surface area contributed by atoms with Crippen LogP contribution < -0.4 is 20.1 Å². The normalized spacial score (nSPS) is 15.3. The SMILES string of the molecule is COc1ccc(OC)c(C(O)CNC(=O)Nc2ccccc2CN(C)C2CCCCC2)c1. The van der Waals surface area contributed by atoms with Gasteiger partial charge in [-0.2, -0.15) is 0 Å². The van der Waals surface area contributed by atoms with Crippen LogP contribution in [0.3, 0.4) is 0 Å². The molecule has 3 N–H and O–H groups in total. The van der Waals surface area contributed by atoms with E-state index in [1.807, 2.05) is 24.3 Å². The lowest BCUT2D eigenvalue weighted by Crippen LogP contribution is -2.34. The van der Waals surface area contributed by atoms with Gasteiger partial charge in [0.2, 0.25) is 0 Å². The molecule has 0 aliphatic heterocycles. The van der Waals surface area contributed by atoms with Gasteiger partial charge in [0.1, 0.15) is 17.6 Å². The van der Waals surface area contributed by atoms with Gasteiger partial charge in [-0.05, 0) is 49.7 Å². The van der Waals surface area contributed by atoms with Crippen molar-refractivity contribution in [3.05, 3.63) is 53.6 Å². The van der Waals surface area contributed by atoms with Crippen LogP contribution in [0.4, 0.5) is 10.5 Å². The number of aliphatic hydroxyl groups excluding tert-OH is 1. The van der Waals surface area contributed by atoms with Crippen molar-refractivity contribution in [2.24, 2.45) is 0 Å². The lowest BCUT2D eigenvalue weighted by Gasteiger charge is -2.31. The van der Waals surface area contributed by atoms with Crippen molar-refractivity contribution in [1.29, 1.82) is 0 Å². The van der Waals surface area contributed by atoms with Crippen molar-refractivity contribution < 1.29 is 19.4 Å². The highest BCUT2D eigenvalue weighted by molar-refractivity contribution is 5.90. The first-order chi connectivity index (χ1) is 15.5. The van der Waals surface area contributed by atoms with Crippen LogP contribution in [0.1, 0.15) is 49.3 Å². The molecule has 7 heteroatoms. The van der Waals surface area contributed by atoms with Crippen LogP contribution in [0.5, 0.6) is 11.5 Å². The fourth-order valence-corrected chi connectivity index (χ4v) is 4.27. The molecule has 0 bridgehead atoms. The van der Waals surface area contributed by atoms with Gasteiger partial charge in [0.25, 0.3) is 0 Å². The molecule has 0 saturated heterocycles. The summed E-state index contributed by atoms with van der Waals surface area (Å²) in [7, 11) is 5.26. The average Bonchev–Trinajstić information content (AvgIpc) is 2.83. The second-order valence-corrected chi connectivity index (χ2v) is 8.32. The fourth-order valence-electron chi connectivity index (χ4n) is 4.27. The number of carbonyl (C=O) groups excluding carboxylic acids is 1. The molecule has 2 aromatic carbocycles. The Labute approximate surface area is 190 Å². The molecule has 1 aliphatic rings. The van der Waals surface area contributed by atoms with Gasteiger partial charge in [-0.15, -0.1) is 0 Å². The molecule has 7 nitrogen and oxygen atoms in total. The Morgan fingerprint density at radius 1 is 1.12 bits per heavy atom. The highest BCUT2D eigenvalue weighted by Crippen LogP contribution is 2.29. The fraction of sp³-hybridized carbons (Fsp3) is 0.480. The highest BCUT2D eigenvalue weighted by atomic mass is 16.5. The maximum absolute atomic E-state index is 12.6. The van der Waals surface area contributed by atoms with E-state index in [9.17, 15) is 9.90 Å². The van der Waals surface area contributed by atoms with E-state index in [0.29, 0.717) is 23.1 Å². The van der Waals surface area contributed by atoms with Crippen LogP contribution in [0.15, 0.2) is 42.5 Å². The van der Waals surface area contributed by atoms with Crippen LogP contribution in [0, 0.1) is 0 Å². The third-order valence-corrected chi connectivity index (χ3v) is 6.14. The van der Waals surface area contributed by atoms with Gasteiger partial charge in [0.05, 0.1) is 14.2 Å². The Hall–Kier alpha value is -2.77. The number of methoxy groups -OCH3 is 2. The van der Waals surface area contributed by atoms with E-state index < -0.39 is 6.10 Å². The summed E-state index contributed by atoms with van der Waals surface area (Å²) < 4.78 is 10.5. The third kappa shape index (κ3) is 6.37. The minimum atomic E-state index is -0.932. The van der Waals surface area contributed by atoms with Gasteiger partial charge in [0.15, 0.2) is 0 Å². The smallest absolute Gasteiger partial charge is 0.319 e. The molecule has 1 atom stereocenters. The van der Waals surface area contributed by atoms with Gasteiger partial charge in [-0.3, -0.25) is 4.90 Å². The molecular weight excluding hydrogens is 406 g/mol. The van der Waals surface area contributed by atoms with E-state index >= 15 is 0 Å².